The second-order valence-corrected chi connectivity index (χ2v) is 10.3. The Bertz CT molecular complexity index is 1400. The molecule has 0 saturated carbocycles. The van der Waals surface area contributed by atoms with Crippen molar-refractivity contribution >= 4 is 15.9 Å². The number of carbonyl (C=O) groups is 1. The molecule has 37 heavy (non-hydrogen) atoms. The Labute approximate surface area is 208 Å². The number of hydrogen-bond acceptors (Lipinski definition) is 6. The third-order valence-corrected chi connectivity index (χ3v) is 7.54. The minimum atomic E-state index is -4.32. The van der Waals surface area contributed by atoms with Gasteiger partial charge in [0.15, 0.2) is 5.82 Å². The zero-order valence-electron chi connectivity index (χ0n) is 19.2. The second-order valence-electron chi connectivity index (χ2n) is 8.44. The van der Waals surface area contributed by atoms with E-state index in [9.17, 15) is 35.2 Å². The first-order valence-electron chi connectivity index (χ1n) is 10.9. The quantitative estimate of drug-likeness (QED) is 0.460. The molecule has 1 aromatic carbocycles. The van der Waals surface area contributed by atoms with Crippen LogP contribution in [0.3, 0.4) is 0 Å². The van der Waals surface area contributed by atoms with Crippen molar-refractivity contribution in [1.29, 1.82) is 0 Å². The number of halogens is 5. The molecule has 1 amide bonds. The number of nitrogens with zero attached hydrogens (tertiary/aromatic N) is 4. The number of nitrogens with one attached hydrogen (secondary N) is 1. The summed E-state index contributed by atoms with van der Waals surface area (Å²) >= 11 is 0. The van der Waals surface area contributed by atoms with Crippen LogP contribution in [0.25, 0.3) is 11.3 Å². The van der Waals surface area contributed by atoms with E-state index in [1.807, 2.05) is 0 Å². The number of amides is 1. The molecule has 1 aliphatic rings. The third kappa shape index (κ3) is 5.74. The molecule has 0 radical (unpaired) electrons. The minimum absolute atomic E-state index is 0.0500. The number of carbonyl (C=O) groups excluding carboxylic acids is 1. The fraction of sp³-hybridized carbons (Fsp3) is 0.304. The van der Waals surface area contributed by atoms with Crippen LogP contribution in [0.4, 0.5) is 22.0 Å². The van der Waals surface area contributed by atoms with Crippen molar-refractivity contribution in [1.82, 2.24) is 24.6 Å². The van der Waals surface area contributed by atoms with Gasteiger partial charge in [-0.25, -0.2) is 31.6 Å². The molecule has 14 heteroatoms. The smallest absolute Gasteiger partial charge is 0.303 e. The van der Waals surface area contributed by atoms with E-state index in [0.29, 0.717) is 11.2 Å². The summed E-state index contributed by atoms with van der Waals surface area (Å²) in [5.74, 6) is -6.27. The van der Waals surface area contributed by atoms with Crippen LogP contribution in [-0.2, 0) is 27.3 Å². The molecular weight excluding hydrogens is 521 g/mol. The van der Waals surface area contributed by atoms with E-state index in [2.05, 4.69) is 20.3 Å². The van der Waals surface area contributed by atoms with Crippen molar-refractivity contribution in [3.8, 4) is 11.3 Å². The average Bonchev–Trinajstić information content (AvgIpc) is 3.26. The van der Waals surface area contributed by atoms with Gasteiger partial charge in [0.25, 0.3) is 0 Å². The second kappa shape index (κ2) is 10.1. The summed E-state index contributed by atoms with van der Waals surface area (Å²) in [5.41, 5.74) is 0.306. The molecule has 0 bridgehead atoms. The molecule has 1 fully saturated rings. The van der Waals surface area contributed by atoms with Crippen LogP contribution in [0.15, 0.2) is 53.8 Å². The van der Waals surface area contributed by atoms with Gasteiger partial charge in [-0.3, -0.25) is 9.78 Å². The molecule has 196 valence electrons. The van der Waals surface area contributed by atoms with E-state index < -0.39 is 71.0 Å². The predicted molar refractivity (Wildman–Crippen MR) is 120 cm³/mol. The van der Waals surface area contributed by atoms with E-state index in [0.717, 1.165) is 42.9 Å². The van der Waals surface area contributed by atoms with Gasteiger partial charge in [-0.2, -0.15) is 13.1 Å². The van der Waals surface area contributed by atoms with Crippen molar-refractivity contribution in [2.75, 3.05) is 6.54 Å². The summed E-state index contributed by atoms with van der Waals surface area (Å²) in [6.07, 6.45) is 1.02. The van der Waals surface area contributed by atoms with Gasteiger partial charge in [0.2, 0.25) is 15.9 Å². The van der Waals surface area contributed by atoms with Gasteiger partial charge in [-0.05, 0) is 30.3 Å². The van der Waals surface area contributed by atoms with Gasteiger partial charge in [-0.1, -0.05) is 0 Å². The fourth-order valence-corrected chi connectivity index (χ4v) is 5.39. The van der Waals surface area contributed by atoms with Crippen molar-refractivity contribution in [3.63, 3.8) is 0 Å². The van der Waals surface area contributed by atoms with E-state index in [1.165, 1.54) is 6.07 Å². The zero-order chi connectivity index (χ0) is 27.0. The highest BCUT2D eigenvalue weighted by molar-refractivity contribution is 7.89. The molecule has 0 aliphatic carbocycles. The van der Waals surface area contributed by atoms with Gasteiger partial charge in [0, 0.05) is 50.0 Å². The highest BCUT2D eigenvalue weighted by atomic mass is 32.2. The Morgan fingerprint density at radius 1 is 1.11 bits per heavy atom. The molecule has 3 aromatic rings. The normalized spacial score (nSPS) is 18.6. The number of rotatable bonds is 7. The van der Waals surface area contributed by atoms with Crippen molar-refractivity contribution in [2.24, 2.45) is 0 Å². The van der Waals surface area contributed by atoms with Gasteiger partial charge in [0.1, 0.15) is 23.8 Å². The molecule has 1 saturated heterocycles. The molecule has 0 unspecified atom stereocenters. The standard InChI is InChI=1S/C23H20F5N5O3S/c1-23(27,28)22-31-9-14(10-32-22)19-6-13(18(26)11-29-19)8-30-21(34)20-7-16(25)12-33(20)37(35,36)17-4-2-15(24)3-5-17/h2-6,9-11,16,20H,7-8,12H2,1H3,(H,30,34)/t16-,20+/m1/s1. The minimum Gasteiger partial charge on any atom is -0.351 e. The van der Waals surface area contributed by atoms with Crippen LogP contribution in [0, 0.1) is 11.6 Å². The monoisotopic (exact) mass is 541 g/mol. The predicted octanol–water partition coefficient (Wildman–Crippen LogP) is 3.35. The average molecular weight is 542 g/mol. The van der Waals surface area contributed by atoms with Crippen LogP contribution in [0.5, 0.6) is 0 Å². The summed E-state index contributed by atoms with van der Waals surface area (Å²) in [7, 11) is -4.32. The number of pyridine rings is 1. The first kappa shape index (κ1) is 26.5. The topological polar surface area (TPSA) is 105 Å². The van der Waals surface area contributed by atoms with Crippen LogP contribution < -0.4 is 5.32 Å². The van der Waals surface area contributed by atoms with E-state index >= 15 is 0 Å². The van der Waals surface area contributed by atoms with Crippen molar-refractivity contribution in [2.45, 2.75) is 42.9 Å². The molecule has 0 spiro atoms. The molecule has 3 heterocycles. The molecule has 1 N–H and O–H groups in total. The summed E-state index contributed by atoms with van der Waals surface area (Å²) in [5, 5.41) is 2.40. The van der Waals surface area contributed by atoms with Gasteiger partial charge < -0.3 is 5.32 Å². The molecule has 4 rings (SSSR count). The lowest BCUT2D eigenvalue weighted by Crippen LogP contribution is -2.45. The Morgan fingerprint density at radius 3 is 2.38 bits per heavy atom. The Morgan fingerprint density at radius 2 is 1.76 bits per heavy atom. The van der Waals surface area contributed by atoms with Crippen LogP contribution in [0.2, 0.25) is 0 Å². The Kier molecular flexibility index (Phi) is 7.24. The van der Waals surface area contributed by atoms with Crippen LogP contribution in [0.1, 0.15) is 24.7 Å². The third-order valence-electron chi connectivity index (χ3n) is 5.66. The van der Waals surface area contributed by atoms with Gasteiger partial charge >= 0.3 is 5.92 Å². The maximum atomic E-state index is 14.4. The lowest BCUT2D eigenvalue weighted by Gasteiger charge is -2.23. The zero-order valence-corrected chi connectivity index (χ0v) is 20.0. The van der Waals surface area contributed by atoms with Crippen LogP contribution >= 0.6 is 0 Å². The molecule has 1 aliphatic heterocycles. The number of sulfonamides is 1. The summed E-state index contributed by atoms with van der Waals surface area (Å²) in [6, 6.07) is 3.72. The van der Waals surface area contributed by atoms with Gasteiger partial charge in [0.05, 0.1) is 16.8 Å². The van der Waals surface area contributed by atoms with Crippen LogP contribution in [-0.4, -0.2) is 52.3 Å². The van der Waals surface area contributed by atoms with Crippen molar-refractivity contribution < 1.29 is 35.2 Å². The molecule has 2 atom stereocenters. The highest BCUT2D eigenvalue weighted by Gasteiger charge is 2.44. The largest absolute Gasteiger partial charge is 0.351 e. The number of aromatic nitrogens is 3. The summed E-state index contributed by atoms with van der Waals surface area (Å²) in [4.78, 5) is 23.6. The summed E-state index contributed by atoms with van der Waals surface area (Å²) < 4.78 is 95.0. The first-order chi connectivity index (χ1) is 17.4. The lowest BCUT2D eigenvalue weighted by atomic mass is 10.1. The van der Waals surface area contributed by atoms with Gasteiger partial charge in [-0.15, -0.1) is 0 Å². The fourth-order valence-electron chi connectivity index (χ4n) is 3.76. The SMILES string of the molecule is CC(F)(F)c1ncc(-c2cc(CNC(=O)[C@@H]3C[C@@H](F)CN3S(=O)(=O)c3ccc(F)cc3)c(F)cn2)cn1. The Hall–Kier alpha value is -3.52. The first-order valence-corrected chi connectivity index (χ1v) is 12.3. The highest BCUT2D eigenvalue weighted by Crippen LogP contribution is 2.29. The number of hydrogen-bond donors (Lipinski definition) is 1. The maximum Gasteiger partial charge on any atom is 0.303 e. The van der Waals surface area contributed by atoms with E-state index in [1.54, 1.807) is 0 Å². The number of alkyl halides is 3. The molecule has 8 nitrogen and oxygen atoms in total. The lowest BCUT2D eigenvalue weighted by molar-refractivity contribution is -0.124. The van der Waals surface area contributed by atoms with E-state index in [4.69, 9.17) is 0 Å². The van der Waals surface area contributed by atoms with Crippen molar-refractivity contribution in [3.05, 3.63) is 71.9 Å². The Balaban J connectivity index is 1.50. The number of benzene rings is 1. The molecular formula is C23H20F5N5O3S. The van der Waals surface area contributed by atoms with E-state index in [-0.39, 0.29) is 21.7 Å². The molecule has 2 aromatic heterocycles. The summed E-state index contributed by atoms with van der Waals surface area (Å²) in [6.45, 7) is -0.331. The maximum absolute atomic E-state index is 14.4.